The summed E-state index contributed by atoms with van der Waals surface area (Å²) >= 11 is 0. The van der Waals surface area contributed by atoms with Crippen LogP contribution < -0.4 is 19.5 Å². The second kappa shape index (κ2) is 6.78. The number of nitriles is 1. The molecule has 0 radical (unpaired) electrons. The fourth-order valence-corrected chi connectivity index (χ4v) is 3.65. The van der Waals surface area contributed by atoms with Crippen LogP contribution in [0.5, 0.6) is 17.2 Å². The second-order valence-corrected chi connectivity index (χ2v) is 6.29. The van der Waals surface area contributed by atoms with Gasteiger partial charge in [0.05, 0.1) is 44.5 Å². The Balaban J connectivity index is 2.06. The van der Waals surface area contributed by atoms with Gasteiger partial charge in [-0.2, -0.15) is 5.26 Å². The number of carbonyl (C=O) groups is 1. The van der Waals surface area contributed by atoms with Crippen LogP contribution in [0.15, 0.2) is 36.4 Å². The molecule has 1 aliphatic heterocycles. The number of nitrogens with one attached hydrogen (secondary N) is 1. The predicted octanol–water partition coefficient (Wildman–Crippen LogP) is 2.74. The van der Waals surface area contributed by atoms with Gasteiger partial charge < -0.3 is 18.8 Å². The van der Waals surface area contributed by atoms with E-state index in [-0.39, 0.29) is 0 Å². The van der Waals surface area contributed by atoms with Crippen molar-refractivity contribution in [2.45, 2.75) is 6.04 Å². The molecule has 0 fully saturated rings. The third-order valence-corrected chi connectivity index (χ3v) is 4.88. The summed E-state index contributed by atoms with van der Waals surface area (Å²) in [6.07, 6.45) is 0. The molecule has 2 unspecified atom stereocenters. The molecule has 28 heavy (non-hydrogen) atoms. The molecule has 0 spiro atoms. The van der Waals surface area contributed by atoms with Gasteiger partial charge in [-0.05, 0) is 18.2 Å². The summed E-state index contributed by atoms with van der Waals surface area (Å²) < 4.78 is 18.3. The minimum Gasteiger partial charge on any atom is -0.497 e. The first-order valence-corrected chi connectivity index (χ1v) is 8.60. The number of nitrogens with zero attached hydrogens (tertiary/aromatic N) is 3. The molecule has 0 saturated heterocycles. The molecule has 1 amide bonds. The van der Waals surface area contributed by atoms with Gasteiger partial charge in [-0.25, -0.2) is 4.98 Å². The number of fused-ring (bicyclic) bond motifs is 3. The van der Waals surface area contributed by atoms with Crippen molar-refractivity contribution in [1.29, 1.82) is 5.26 Å². The third-order valence-electron chi connectivity index (χ3n) is 4.88. The molecule has 2 heterocycles. The van der Waals surface area contributed by atoms with E-state index in [1.54, 1.807) is 19.2 Å². The highest BCUT2D eigenvalue weighted by Gasteiger charge is 2.41. The molecule has 2 aromatic carbocycles. The number of ether oxygens (including phenoxy) is 3. The fourth-order valence-electron chi connectivity index (χ4n) is 3.65. The number of methoxy groups -OCH3 is 3. The van der Waals surface area contributed by atoms with Crippen LogP contribution in [-0.4, -0.2) is 36.8 Å². The van der Waals surface area contributed by atoms with Gasteiger partial charge in [-0.1, -0.05) is 12.1 Å². The molecule has 1 aromatic heterocycles. The van der Waals surface area contributed by atoms with Crippen LogP contribution in [0.2, 0.25) is 0 Å². The average molecular weight is 378 g/mol. The van der Waals surface area contributed by atoms with Gasteiger partial charge in [-0.3, -0.25) is 10.1 Å². The standard InChI is InChI=1S/C20H18N4O4/c1-26-11-8-12(18(28-3)16(9-11)27-2)17-13(10-21)19(25)23-20-22-14-6-4-5-7-15(14)24(17)20/h4-9,13,17H,1-3H3,(H,22,23,25). The summed E-state index contributed by atoms with van der Waals surface area (Å²) in [6.45, 7) is 0. The van der Waals surface area contributed by atoms with E-state index in [0.717, 1.165) is 11.0 Å². The molecule has 3 aromatic rings. The molecule has 4 rings (SSSR count). The van der Waals surface area contributed by atoms with Crippen molar-refractivity contribution in [2.24, 2.45) is 5.92 Å². The Labute approximate surface area is 161 Å². The Bertz CT molecular complexity index is 1120. The Morgan fingerprint density at radius 1 is 1.14 bits per heavy atom. The van der Waals surface area contributed by atoms with E-state index in [0.29, 0.717) is 28.8 Å². The molecule has 0 aliphatic carbocycles. The number of carbonyl (C=O) groups excluding carboxylic acids is 1. The van der Waals surface area contributed by atoms with Crippen LogP contribution in [0.3, 0.4) is 0 Å². The van der Waals surface area contributed by atoms with E-state index < -0.39 is 17.9 Å². The number of imidazole rings is 1. The van der Waals surface area contributed by atoms with Crippen molar-refractivity contribution in [3.63, 3.8) is 0 Å². The van der Waals surface area contributed by atoms with Crippen molar-refractivity contribution < 1.29 is 19.0 Å². The zero-order valence-electron chi connectivity index (χ0n) is 15.6. The van der Waals surface area contributed by atoms with Gasteiger partial charge >= 0.3 is 0 Å². The summed E-state index contributed by atoms with van der Waals surface area (Å²) in [5.74, 6) is 0.389. The van der Waals surface area contributed by atoms with Crippen molar-refractivity contribution in [2.75, 3.05) is 26.6 Å². The van der Waals surface area contributed by atoms with E-state index in [9.17, 15) is 10.1 Å². The molecule has 2 atom stereocenters. The van der Waals surface area contributed by atoms with E-state index in [2.05, 4.69) is 16.4 Å². The number of hydrogen-bond acceptors (Lipinski definition) is 6. The molecule has 142 valence electrons. The van der Waals surface area contributed by atoms with Crippen LogP contribution in [0, 0.1) is 17.2 Å². The smallest absolute Gasteiger partial charge is 0.246 e. The van der Waals surface area contributed by atoms with Gasteiger partial charge in [0.15, 0.2) is 17.4 Å². The molecule has 0 bridgehead atoms. The maximum atomic E-state index is 12.7. The first kappa shape index (κ1) is 17.7. The summed E-state index contributed by atoms with van der Waals surface area (Å²) in [6, 6.07) is 12.4. The lowest BCUT2D eigenvalue weighted by Gasteiger charge is -2.31. The number of benzene rings is 2. The maximum Gasteiger partial charge on any atom is 0.246 e. The van der Waals surface area contributed by atoms with Crippen LogP contribution in [0.25, 0.3) is 11.0 Å². The van der Waals surface area contributed by atoms with Crippen LogP contribution in [-0.2, 0) is 4.79 Å². The largest absolute Gasteiger partial charge is 0.497 e. The first-order valence-electron chi connectivity index (χ1n) is 8.60. The Morgan fingerprint density at radius 2 is 1.93 bits per heavy atom. The fraction of sp³-hybridized carbons (Fsp3) is 0.250. The highest BCUT2D eigenvalue weighted by molar-refractivity contribution is 5.97. The Hall–Kier alpha value is -3.73. The van der Waals surface area contributed by atoms with Crippen LogP contribution >= 0.6 is 0 Å². The maximum absolute atomic E-state index is 12.7. The monoisotopic (exact) mass is 378 g/mol. The molecule has 1 aliphatic rings. The SMILES string of the molecule is COc1cc(OC)c(OC)c(C2C(C#N)C(=O)Nc3nc4ccccc4n32)c1. The van der Waals surface area contributed by atoms with Crippen molar-refractivity contribution in [3.05, 3.63) is 42.0 Å². The summed E-state index contributed by atoms with van der Waals surface area (Å²) in [5.41, 5.74) is 2.12. The van der Waals surface area contributed by atoms with Crippen molar-refractivity contribution in [1.82, 2.24) is 9.55 Å². The number of hydrogen-bond donors (Lipinski definition) is 1. The number of rotatable bonds is 4. The van der Waals surface area contributed by atoms with Gasteiger partial charge in [-0.15, -0.1) is 0 Å². The molecule has 8 heteroatoms. The molecular formula is C20H18N4O4. The predicted molar refractivity (Wildman–Crippen MR) is 102 cm³/mol. The lowest BCUT2D eigenvalue weighted by Crippen LogP contribution is -2.37. The van der Waals surface area contributed by atoms with E-state index in [1.807, 2.05) is 28.8 Å². The highest BCUT2D eigenvalue weighted by Crippen LogP contribution is 2.46. The Kier molecular flexibility index (Phi) is 4.28. The minimum absolute atomic E-state index is 0.381. The first-order chi connectivity index (χ1) is 13.6. The molecular weight excluding hydrogens is 360 g/mol. The molecule has 8 nitrogen and oxygen atoms in total. The van der Waals surface area contributed by atoms with Gasteiger partial charge in [0.1, 0.15) is 5.75 Å². The number of para-hydroxylation sites is 2. The quantitative estimate of drug-likeness (QED) is 0.750. The van der Waals surface area contributed by atoms with E-state index in [1.165, 1.54) is 14.2 Å². The Morgan fingerprint density at radius 3 is 2.61 bits per heavy atom. The van der Waals surface area contributed by atoms with Gasteiger partial charge in [0.25, 0.3) is 0 Å². The van der Waals surface area contributed by atoms with E-state index >= 15 is 0 Å². The highest BCUT2D eigenvalue weighted by atomic mass is 16.5. The van der Waals surface area contributed by atoms with Crippen LogP contribution in [0.1, 0.15) is 11.6 Å². The van der Waals surface area contributed by atoms with E-state index in [4.69, 9.17) is 14.2 Å². The third kappa shape index (κ3) is 2.52. The lowest BCUT2D eigenvalue weighted by molar-refractivity contribution is -0.119. The second-order valence-electron chi connectivity index (χ2n) is 6.29. The number of amides is 1. The minimum atomic E-state index is -0.990. The van der Waals surface area contributed by atoms with Crippen molar-refractivity contribution >= 4 is 22.9 Å². The van der Waals surface area contributed by atoms with Crippen molar-refractivity contribution in [3.8, 4) is 23.3 Å². The average Bonchev–Trinajstić information content (AvgIpc) is 3.09. The van der Waals surface area contributed by atoms with Gasteiger partial charge in [0.2, 0.25) is 11.9 Å². The summed E-state index contributed by atoms with van der Waals surface area (Å²) in [5, 5.41) is 12.5. The van der Waals surface area contributed by atoms with Crippen LogP contribution in [0.4, 0.5) is 5.95 Å². The molecule has 0 saturated carbocycles. The topological polar surface area (TPSA) is 98.4 Å². The summed E-state index contributed by atoms with van der Waals surface area (Å²) in [4.78, 5) is 17.2. The lowest BCUT2D eigenvalue weighted by atomic mass is 9.90. The zero-order valence-corrected chi connectivity index (χ0v) is 15.6. The number of anilines is 1. The van der Waals surface area contributed by atoms with Gasteiger partial charge in [0, 0.05) is 11.6 Å². The normalized spacial score (nSPS) is 18.1. The zero-order chi connectivity index (χ0) is 19.8. The number of aromatic nitrogens is 2. The summed E-state index contributed by atoms with van der Waals surface area (Å²) in [7, 11) is 4.58. The molecule has 1 N–H and O–H groups in total.